The molecule has 1 heterocycles. The van der Waals surface area contributed by atoms with E-state index in [1.807, 2.05) is 0 Å². The topological polar surface area (TPSA) is 48.9 Å². The van der Waals surface area contributed by atoms with Gasteiger partial charge in [0.15, 0.2) is 5.96 Å². The average Bonchev–Trinajstić information content (AvgIpc) is 3.21. The second-order valence-electron chi connectivity index (χ2n) is 7.41. The monoisotopic (exact) mass is 398 g/mol. The molecule has 2 fully saturated rings. The van der Waals surface area contributed by atoms with Gasteiger partial charge in [-0.05, 0) is 37.8 Å². The number of nitrogens with zero attached hydrogens (tertiary/aromatic N) is 2. The maximum atomic E-state index is 14.1. The molecule has 0 atom stereocenters. The molecular formula is C20H29F3N4O. The van der Waals surface area contributed by atoms with Crippen LogP contribution in [-0.2, 0) is 6.54 Å². The molecule has 1 aromatic rings. The van der Waals surface area contributed by atoms with Crippen molar-refractivity contribution in [2.75, 3.05) is 20.1 Å². The third-order valence-corrected chi connectivity index (χ3v) is 5.66. The first-order valence-electron chi connectivity index (χ1n) is 10.00. The molecule has 8 heteroatoms. The molecule has 0 spiro atoms. The van der Waals surface area contributed by atoms with Crippen LogP contribution in [-0.4, -0.2) is 49.7 Å². The van der Waals surface area contributed by atoms with Crippen molar-refractivity contribution in [1.82, 2.24) is 15.5 Å². The van der Waals surface area contributed by atoms with Gasteiger partial charge in [0, 0.05) is 44.3 Å². The number of halogens is 3. The lowest BCUT2D eigenvalue weighted by molar-refractivity contribution is -0.0506. The predicted molar refractivity (Wildman–Crippen MR) is 103 cm³/mol. The van der Waals surface area contributed by atoms with E-state index in [2.05, 4.69) is 25.3 Å². The van der Waals surface area contributed by atoms with E-state index in [-0.39, 0.29) is 17.9 Å². The lowest BCUT2D eigenvalue weighted by Crippen LogP contribution is -2.50. The van der Waals surface area contributed by atoms with E-state index in [4.69, 9.17) is 0 Å². The molecule has 1 aliphatic heterocycles. The van der Waals surface area contributed by atoms with Crippen molar-refractivity contribution in [3.8, 4) is 5.75 Å². The highest BCUT2D eigenvalue weighted by Gasteiger charge is 2.27. The van der Waals surface area contributed by atoms with Gasteiger partial charge in [0.1, 0.15) is 11.6 Å². The maximum Gasteiger partial charge on any atom is 0.387 e. The maximum absolute atomic E-state index is 14.1. The summed E-state index contributed by atoms with van der Waals surface area (Å²) in [6.07, 6.45) is 7.35. The molecule has 5 nitrogen and oxygen atoms in total. The van der Waals surface area contributed by atoms with E-state index < -0.39 is 12.4 Å². The number of piperidine rings is 1. The Bertz CT molecular complexity index is 657. The molecule has 0 aromatic heterocycles. The largest absolute Gasteiger partial charge is 0.434 e. The van der Waals surface area contributed by atoms with E-state index in [1.54, 1.807) is 7.05 Å². The van der Waals surface area contributed by atoms with Crippen molar-refractivity contribution in [1.29, 1.82) is 0 Å². The number of aliphatic imine (C=N–C) groups is 1. The first-order valence-corrected chi connectivity index (χ1v) is 10.00. The second-order valence-corrected chi connectivity index (χ2v) is 7.41. The van der Waals surface area contributed by atoms with Crippen molar-refractivity contribution in [2.24, 2.45) is 4.99 Å². The van der Waals surface area contributed by atoms with Crippen LogP contribution in [0.15, 0.2) is 23.2 Å². The number of nitrogens with one attached hydrogen (secondary N) is 2. The van der Waals surface area contributed by atoms with Crippen LogP contribution >= 0.6 is 0 Å². The summed E-state index contributed by atoms with van der Waals surface area (Å²) >= 11 is 0. The standard InChI is InChI=1S/C20H29F3N4O/c1-24-20(25-13-16-17(21)7-4-8-18(16)28-19(22)23)26-14-9-11-27(12-10-14)15-5-2-3-6-15/h4,7-8,14-15,19H,2-3,5-6,9-13H2,1H3,(H2,24,25,26). The summed E-state index contributed by atoms with van der Waals surface area (Å²) in [7, 11) is 1.64. The molecule has 156 valence electrons. The molecule has 0 radical (unpaired) electrons. The first-order chi connectivity index (χ1) is 13.6. The Morgan fingerprint density at radius 1 is 1.21 bits per heavy atom. The Labute approximate surface area is 164 Å². The van der Waals surface area contributed by atoms with Gasteiger partial charge in [-0.1, -0.05) is 18.9 Å². The summed E-state index contributed by atoms with van der Waals surface area (Å²) in [5.74, 6) is -0.223. The molecule has 28 heavy (non-hydrogen) atoms. The fourth-order valence-electron chi connectivity index (χ4n) is 4.16. The second kappa shape index (κ2) is 10.0. The number of guanidine groups is 1. The van der Waals surface area contributed by atoms with Gasteiger partial charge in [-0.15, -0.1) is 0 Å². The minimum absolute atomic E-state index is 0.00925. The molecule has 1 saturated carbocycles. The summed E-state index contributed by atoms with van der Waals surface area (Å²) in [6, 6.07) is 4.95. The van der Waals surface area contributed by atoms with Gasteiger partial charge in [-0.2, -0.15) is 8.78 Å². The van der Waals surface area contributed by atoms with Crippen molar-refractivity contribution >= 4 is 5.96 Å². The number of hydrogen-bond donors (Lipinski definition) is 2. The van der Waals surface area contributed by atoms with Crippen molar-refractivity contribution < 1.29 is 17.9 Å². The molecule has 0 amide bonds. The molecule has 2 aliphatic rings. The molecule has 1 aromatic carbocycles. The minimum Gasteiger partial charge on any atom is -0.434 e. The summed E-state index contributed by atoms with van der Waals surface area (Å²) in [5, 5.41) is 6.38. The summed E-state index contributed by atoms with van der Waals surface area (Å²) in [5.41, 5.74) is 0.0572. The van der Waals surface area contributed by atoms with E-state index >= 15 is 0 Å². The van der Waals surface area contributed by atoms with Crippen molar-refractivity contribution in [3.63, 3.8) is 0 Å². The average molecular weight is 398 g/mol. The van der Waals surface area contributed by atoms with Crippen LogP contribution in [0, 0.1) is 5.82 Å². The van der Waals surface area contributed by atoms with Gasteiger partial charge in [0.2, 0.25) is 0 Å². The normalized spacial score (nSPS) is 20.0. The third-order valence-electron chi connectivity index (χ3n) is 5.66. The van der Waals surface area contributed by atoms with Crippen LogP contribution in [0.5, 0.6) is 5.75 Å². The highest BCUT2D eigenvalue weighted by Crippen LogP contribution is 2.26. The first kappa shape index (κ1) is 20.8. The van der Waals surface area contributed by atoms with E-state index in [0.29, 0.717) is 12.0 Å². The van der Waals surface area contributed by atoms with E-state index in [1.165, 1.54) is 43.9 Å². The number of benzene rings is 1. The number of rotatable bonds is 6. The van der Waals surface area contributed by atoms with Crippen molar-refractivity contribution in [2.45, 2.75) is 63.8 Å². The number of ether oxygens (including phenoxy) is 1. The minimum atomic E-state index is -3.00. The van der Waals surface area contributed by atoms with Gasteiger partial charge in [-0.3, -0.25) is 4.99 Å². The van der Waals surface area contributed by atoms with Crippen LogP contribution in [0.1, 0.15) is 44.1 Å². The lowest BCUT2D eigenvalue weighted by Gasteiger charge is -2.36. The smallest absolute Gasteiger partial charge is 0.387 e. The van der Waals surface area contributed by atoms with Crippen LogP contribution < -0.4 is 15.4 Å². The lowest BCUT2D eigenvalue weighted by atomic mass is 10.0. The molecule has 3 rings (SSSR count). The summed E-state index contributed by atoms with van der Waals surface area (Å²) in [6.45, 7) is -0.851. The zero-order valence-corrected chi connectivity index (χ0v) is 16.3. The van der Waals surface area contributed by atoms with Crippen molar-refractivity contribution in [3.05, 3.63) is 29.6 Å². The van der Waals surface area contributed by atoms with Crippen LogP contribution in [0.25, 0.3) is 0 Å². The summed E-state index contributed by atoms with van der Waals surface area (Å²) < 4.78 is 43.6. The summed E-state index contributed by atoms with van der Waals surface area (Å²) in [4.78, 5) is 6.78. The fraction of sp³-hybridized carbons (Fsp3) is 0.650. The fourth-order valence-corrected chi connectivity index (χ4v) is 4.16. The Hall–Kier alpha value is -1.96. The highest BCUT2D eigenvalue weighted by molar-refractivity contribution is 5.80. The van der Waals surface area contributed by atoms with Gasteiger partial charge >= 0.3 is 6.61 Å². The molecule has 1 aliphatic carbocycles. The van der Waals surface area contributed by atoms with E-state index in [9.17, 15) is 13.2 Å². The Morgan fingerprint density at radius 2 is 1.93 bits per heavy atom. The molecule has 2 N–H and O–H groups in total. The molecule has 0 bridgehead atoms. The van der Waals surface area contributed by atoms with Gasteiger partial charge in [-0.25, -0.2) is 4.39 Å². The Balaban J connectivity index is 1.50. The zero-order chi connectivity index (χ0) is 19.9. The Kier molecular flexibility index (Phi) is 7.42. The molecule has 1 saturated heterocycles. The van der Waals surface area contributed by atoms with Crippen LogP contribution in [0.4, 0.5) is 13.2 Å². The van der Waals surface area contributed by atoms with Gasteiger partial charge in [0.25, 0.3) is 0 Å². The molecule has 0 unspecified atom stereocenters. The zero-order valence-electron chi connectivity index (χ0n) is 16.3. The number of likely N-dealkylation sites (tertiary alicyclic amines) is 1. The Morgan fingerprint density at radius 3 is 2.57 bits per heavy atom. The molecular weight excluding hydrogens is 369 g/mol. The number of hydrogen-bond acceptors (Lipinski definition) is 3. The highest BCUT2D eigenvalue weighted by atomic mass is 19.3. The van der Waals surface area contributed by atoms with Crippen LogP contribution in [0.3, 0.4) is 0 Å². The number of alkyl halides is 2. The quantitative estimate of drug-likeness (QED) is 0.569. The van der Waals surface area contributed by atoms with Crippen LogP contribution in [0.2, 0.25) is 0 Å². The van der Waals surface area contributed by atoms with Gasteiger partial charge < -0.3 is 20.3 Å². The van der Waals surface area contributed by atoms with Gasteiger partial charge in [0.05, 0.1) is 0 Å². The third kappa shape index (κ3) is 5.53. The van der Waals surface area contributed by atoms with E-state index in [0.717, 1.165) is 32.0 Å². The SMILES string of the molecule is CN=C(NCc1c(F)cccc1OC(F)F)NC1CCN(C2CCCC2)CC1. The predicted octanol–water partition coefficient (Wildman–Crippen LogP) is 3.50.